The third-order valence-corrected chi connectivity index (χ3v) is 5.30. The zero-order valence-electron chi connectivity index (χ0n) is 12.0. The number of amides is 1. The minimum atomic E-state index is -0.751. The Morgan fingerprint density at radius 3 is 3.14 bits per heavy atom. The van der Waals surface area contributed by atoms with E-state index in [9.17, 15) is 10.1 Å². The number of hydrogen-bond donors (Lipinski definition) is 2. The van der Waals surface area contributed by atoms with Gasteiger partial charge in [-0.15, -0.1) is 16.4 Å². The molecule has 22 heavy (non-hydrogen) atoms. The molecule has 2 N–H and O–H groups in total. The van der Waals surface area contributed by atoms with Crippen LogP contribution in [0.4, 0.5) is 0 Å². The fourth-order valence-electron chi connectivity index (χ4n) is 2.17. The lowest BCUT2D eigenvalue weighted by atomic mass is 9.98. The number of nitriles is 1. The summed E-state index contributed by atoms with van der Waals surface area (Å²) in [4.78, 5) is 17.4. The number of carbonyl (C=O) groups is 1. The molecule has 8 heteroatoms. The van der Waals surface area contributed by atoms with Crippen molar-refractivity contribution in [2.24, 2.45) is 5.92 Å². The predicted molar refractivity (Wildman–Crippen MR) is 85.3 cm³/mol. The van der Waals surface area contributed by atoms with E-state index in [1.54, 1.807) is 18.3 Å². The summed E-state index contributed by atoms with van der Waals surface area (Å²) in [7, 11) is 0. The lowest BCUT2D eigenvalue weighted by Crippen LogP contribution is -2.47. The van der Waals surface area contributed by atoms with Gasteiger partial charge in [-0.2, -0.15) is 5.26 Å². The Labute approximate surface area is 136 Å². The Morgan fingerprint density at radius 2 is 2.50 bits per heavy atom. The smallest absolute Gasteiger partial charge is 0.231 e. The van der Waals surface area contributed by atoms with Crippen LogP contribution in [0, 0.1) is 17.2 Å². The number of nitrogens with one attached hydrogen (secondary N) is 2. The highest BCUT2D eigenvalue weighted by atomic mass is 32.2. The van der Waals surface area contributed by atoms with Gasteiger partial charge in [0.05, 0.1) is 16.7 Å². The lowest BCUT2D eigenvalue weighted by Gasteiger charge is -2.22. The molecular formula is C14H15N5OS2. The second kappa shape index (κ2) is 6.10. The van der Waals surface area contributed by atoms with Gasteiger partial charge < -0.3 is 5.32 Å². The Kier molecular flexibility index (Phi) is 4.18. The van der Waals surface area contributed by atoms with Crippen molar-refractivity contribution in [1.82, 2.24) is 20.5 Å². The number of aromatic amines is 1. The molecule has 0 spiro atoms. The minimum Gasteiger partial charge on any atom is -0.337 e. The Balaban J connectivity index is 1.54. The third kappa shape index (κ3) is 3.31. The van der Waals surface area contributed by atoms with E-state index in [0.29, 0.717) is 11.0 Å². The van der Waals surface area contributed by atoms with E-state index >= 15 is 0 Å². The van der Waals surface area contributed by atoms with Gasteiger partial charge in [-0.25, -0.2) is 4.98 Å². The van der Waals surface area contributed by atoms with Gasteiger partial charge in [-0.3, -0.25) is 9.89 Å². The monoisotopic (exact) mass is 333 g/mol. The average molecular weight is 333 g/mol. The zero-order chi connectivity index (χ0) is 15.6. The fourth-order valence-corrected chi connectivity index (χ4v) is 3.43. The number of aromatic nitrogens is 3. The molecule has 1 aliphatic carbocycles. The van der Waals surface area contributed by atoms with Gasteiger partial charge in [0.15, 0.2) is 5.82 Å². The quantitative estimate of drug-likeness (QED) is 0.792. The van der Waals surface area contributed by atoms with Crippen LogP contribution in [0.2, 0.25) is 0 Å². The van der Waals surface area contributed by atoms with E-state index in [-0.39, 0.29) is 17.6 Å². The molecule has 2 heterocycles. The maximum Gasteiger partial charge on any atom is 0.231 e. The van der Waals surface area contributed by atoms with Gasteiger partial charge in [0.25, 0.3) is 0 Å². The van der Waals surface area contributed by atoms with Crippen molar-refractivity contribution in [3.8, 4) is 16.8 Å². The maximum atomic E-state index is 12.0. The van der Waals surface area contributed by atoms with Gasteiger partial charge in [-0.05, 0) is 37.1 Å². The van der Waals surface area contributed by atoms with Crippen molar-refractivity contribution in [2.75, 3.05) is 5.75 Å². The zero-order valence-corrected chi connectivity index (χ0v) is 13.6. The molecule has 1 saturated carbocycles. The van der Waals surface area contributed by atoms with E-state index in [4.69, 9.17) is 0 Å². The Morgan fingerprint density at radius 1 is 1.68 bits per heavy atom. The van der Waals surface area contributed by atoms with Crippen LogP contribution >= 0.6 is 23.1 Å². The van der Waals surface area contributed by atoms with Crippen LogP contribution in [-0.4, -0.2) is 32.4 Å². The van der Waals surface area contributed by atoms with Crippen LogP contribution in [0.25, 0.3) is 10.7 Å². The normalized spacial score (nSPS) is 16.7. The summed E-state index contributed by atoms with van der Waals surface area (Å²) in [6, 6.07) is 6.12. The molecular weight excluding hydrogens is 318 g/mol. The molecule has 114 valence electrons. The number of hydrogen-bond acceptors (Lipinski definition) is 6. The number of H-pyrrole nitrogens is 1. The van der Waals surface area contributed by atoms with E-state index < -0.39 is 5.54 Å². The summed E-state index contributed by atoms with van der Waals surface area (Å²) >= 11 is 2.84. The van der Waals surface area contributed by atoms with E-state index in [2.05, 4.69) is 26.6 Å². The molecule has 2 aromatic rings. The molecule has 6 nitrogen and oxygen atoms in total. The highest BCUT2D eigenvalue weighted by molar-refractivity contribution is 7.99. The summed E-state index contributed by atoms with van der Waals surface area (Å²) in [5.41, 5.74) is -0.751. The molecule has 0 aromatic carbocycles. The topological polar surface area (TPSA) is 94.5 Å². The number of nitrogens with zero attached hydrogens (tertiary/aromatic N) is 3. The Bertz CT molecular complexity index is 701. The van der Waals surface area contributed by atoms with Gasteiger partial charge in [-0.1, -0.05) is 17.8 Å². The van der Waals surface area contributed by atoms with Crippen molar-refractivity contribution in [1.29, 1.82) is 5.26 Å². The largest absolute Gasteiger partial charge is 0.337 e. The van der Waals surface area contributed by atoms with Crippen molar-refractivity contribution in [2.45, 2.75) is 30.5 Å². The van der Waals surface area contributed by atoms with Crippen molar-refractivity contribution in [3.05, 3.63) is 17.5 Å². The molecule has 1 aliphatic rings. The standard InChI is InChI=1S/C14H15N5OS2/c1-14(8-15,9-4-5-9)17-11(20)7-22-13-16-12(18-19-13)10-3-2-6-21-10/h2-3,6,9H,4-5,7H2,1H3,(H,17,20)(H,16,18,19). The second-order valence-electron chi connectivity index (χ2n) is 5.37. The molecule has 1 fully saturated rings. The predicted octanol–water partition coefficient (Wildman–Crippen LogP) is 2.43. The van der Waals surface area contributed by atoms with Crippen molar-refractivity contribution < 1.29 is 4.79 Å². The fraction of sp³-hybridized carbons (Fsp3) is 0.429. The first-order chi connectivity index (χ1) is 10.6. The molecule has 2 aromatic heterocycles. The summed E-state index contributed by atoms with van der Waals surface area (Å²) in [6.07, 6.45) is 2.01. The van der Waals surface area contributed by atoms with E-state index in [1.165, 1.54) is 11.8 Å². The van der Waals surface area contributed by atoms with Gasteiger partial charge in [0.2, 0.25) is 11.1 Å². The summed E-state index contributed by atoms with van der Waals surface area (Å²) in [6.45, 7) is 1.79. The number of carbonyl (C=O) groups excluding carboxylic acids is 1. The number of thioether (sulfide) groups is 1. The molecule has 1 atom stereocenters. The minimum absolute atomic E-state index is 0.163. The van der Waals surface area contributed by atoms with Crippen LogP contribution in [0.5, 0.6) is 0 Å². The lowest BCUT2D eigenvalue weighted by molar-refractivity contribution is -0.119. The summed E-state index contributed by atoms with van der Waals surface area (Å²) < 4.78 is 0. The number of rotatable bonds is 6. The average Bonchev–Trinajstić information content (AvgIpc) is 3.04. The van der Waals surface area contributed by atoms with Gasteiger partial charge in [0, 0.05) is 0 Å². The molecule has 3 rings (SSSR count). The summed E-state index contributed by atoms with van der Waals surface area (Å²) in [5, 5.41) is 21.5. The number of thiophene rings is 1. The van der Waals surface area contributed by atoms with Crippen LogP contribution in [0.15, 0.2) is 22.7 Å². The first kappa shape index (κ1) is 15.1. The van der Waals surface area contributed by atoms with Gasteiger partial charge >= 0.3 is 0 Å². The molecule has 0 radical (unpaired) electrons. The second-order valence-corrected chi connectivity index (χ2v) is 7.26. The molecule has 1 unspecified atom stereocenters. The van der Waals surface area contributed by atoms with Crippen LogP contribution in [0.3, 0.4) is 0 Å². The van der Waals surface area contributed by atoms with E-state index in [1.807, 2.05) is 17.5 Å². The molecule has 0 saturated heterocycles. The third-order valence-electron chi connectivity index (χ3n) is 3.58. The van der Waals surface area contributed by atoms with Crippen LogP contribution < -0.4 is 5.32 Å². The first-order valence-corrected chi connectivity index (χ1v) is 8.78. The van der Waals surface area contributed by atoms with Gasteiger partial charge in [0.1, 0.15) is 5.54 Å². The first-order valence-electron chi connectivity index (χ1n) is 6.92. The van der Waals surface area contributed by atoms with Crippen LogP contribution in [-0.2, 0) is 4.79 Å². The SMILES string of the molecule is CC(C#N)(NC(=O)CSc1n[nH]c(-c2cccs2)n1)C1CC1. The molecule has 0 aliphatic heterocycles. The highest BCUT2D eigenvalue weighted by Crippen LogP contribution is 2.39. The van der Waals surface area contributed by atoms with Crippen LogP contribution in [0.1, 0.15) is 19.8 Å². The molecule has 0 bridgehead atoms. The van der Waals surface area contributed by atoms with Crippen molar-refractivity contribution in [3.63, 3.8) is 0 Å². The summed E-state index contributed by atoms with van der Waals surface area (Å²) in [5.74, 6) is 1.02. The highest BCUT2D eigenvalue weighted by Gasteiger charge is 2.42. The molecule has 1 amide bonds. The maximum absolute atomic E-state index is 12.0. The Hall–Kier alpha value is -1.85. The van der Waals surface area contributed by atoms with E-state index in [0.717, 1.165) is 17.7 Å². The van der Waals surface area contributed by atoms with Crippen molar-refractivity contribution >= 4 is 29.0 Å².